The first-order valence-electron chi connectivity index (χ1n) is 3.35. The van der Waals surface area contributed by atoms with Crippen LogP contribution in [0.3, 0.4) is 0 Å². The Morgan fingerprint density at radius 2 is 2.25 bits per heavy atom. The van der Waals surface area contributed by atoms with Crippen molar-refractivity contribution in [3.05, 3.63) is 0 Å². The molecule has 0 N–H and O–H groups in total. The summed E-state index contributed by atoms with van der Waals surface area (Å²) in [7, 11) is 0. The second-order valence-corrected chi connectivity index (χ2v) is 2.97. The Balaban J connectivity index is 2.17. The average molecular weight is 116 g/mol. The predicted octanol–water partition coefficient (Wildman–Crippen LogP) is 2.53. The maximum atomic E-state index is 12.7. The minimum Gasteiger partial charge on any atom is -0.244 e. The van der Waals surface area contributed by atoms with E-state index in [2.05, 4.69) is 6.92 Å². The van der Waals surface area contributed by atoms with Gasteiger partial charge in [-0.2, -0.15) is 0 Å². The first kappa shape index (κ1) is 6.06. The van der Waals surface area contributed by atoms with Crippen molar-refractivity contribution in [2.45, 2.75) is 38.8 Å². The molecule has 2 unspecified atom stereocenters. The fourth-order valence-corrected chi connectivity index (χ4v) is 1.17. The molecule has 0 aromatic heterocycles. The van der Waals surface area contributed by atoms with E-state index in [0.717, 1.165) is 19.3 Å². The van der Waals surface area contributed by atoms with Gasteiger partial charge in [-0.3, -0.25) is 0 Å². The SMILES string of the molecule is CCCC1CC1(C)F. The van der Waals surface area contributed by atoms with Crippen LogP contribution in [0.5, 0.6) is 0 Å². The Morgan fingerprint density at radius 3 is 2.38 bits per heavy atom. The van der Waals surface area contributed by atoms with E-state index >= 15 is 0 Å². The number of halogens is 1. The van der Waals surface area contributed by atoms with Gasteiger partial charge in [0.15, 0.2) is 0 Å². The lowest BCUT2D eigenvalue weighted by molar-refractivity contribution is 0.303. The lowest BCUT2D eigenvalue weighted by Crippen LogP contribution is -1.94. The van der Waals surface area contributed by atoms with Crippen molar-refractivity contribution in [2.24, 2.45) is 5.92 Å². The van der Waals surface area contributed by atoms with E-state index in [0.29, 0.717) is 5.92 Å². The maximum Gasteiger partial charge on any atom is 0.111 e. The van der Waals surface area contributed by atoms with Crippen LogP contribution in [0, 0.1) is 5.92 Å². The van der Waals surface area contributed by atoms with Crippen LogP contribution in [0.25, 0.3) is 0 Å². The third-order valence-corrected chi connectivity index (χ3v) is 1.97. The van der Waals surface area contributed by atoms with Crippen LogP contribution in [0.4, 0.5) is 4.39 Å². The lowest BCUT2D eigenvalue weighted by atomic mass is 10.2. The molecule has 0 aromatic carbocycles. The Labute approximate surface area is 50.1 Å². The van der Waals surface area contributed by atoms with Gasteiger partial charge in [-0.1, -0.05) is 13.3 Å². The zero-order valence-corrected chi connectivity index (χ0v) is 5.58. The number of hydrogen-bond acceptors (Lipinski definition) is 0. The molecule has 8 heavy (non-hydrogen) atoms. The highest BCUT2D eigenvalue weighted by atomic mass is 19.1. The molecule has 1 heteroatoms. The normalized spacial score (nSPS) is 44.6. The van der Waals surface area contributed by atoms with Crippen LogP contribution in [0.2, 0.25) is 0 Å². The van der Waals surface area contributed by atoms with Crippen LogP contribution in [0.1, 0.15) is 33.1 Å². The Hall–Kier alpha value is -0.0700. The van der Waals surface area contributed by atoms with Crippen LogP contribution in [-0.2, 0) is 0 Å². The highest BCUT2D eigenvalue weighted by molar-refractivity contribution is 4.99. The fourth-order valence-electron chi connectivity index (χ4n) is 1.17. The van der Waals surface area contributed by atoms with E-state index in [1.807, 2.05) is 0 Å². The van der Waals surface area contributed by atoms with Gasteiger partial charge >= 0.3 is 0 Å². The Bertz CT molecular complexity index is 86.4. The minimum absolute atomic E-state index is 0.396. The first-order valence-corrected chi connectivity index (χ1v) is 3.35. The summed E-state index contributed by atoms with van der Waals surface area (Å²) < 4.78 is 12.7. The molecule has 0 saturated heterocycles. The van der Waals surface area contributed by atoms with Crippen molar-refractivity contribution in [3.8, 4) is 0 Å². The molecule has 0 bridgehead atoms. The summed E-state index contributed by atoms with van der Waals surface area (Å²) in [5.74, 6) is 0.396. The van der Waals surface area contributed by atoms with Crippen molar-refractivity contribution in [1.82, 2.24) is 0 Å². The van der Waals surface area contributed by atoms with Gasteiger partial charge in [-0.25, -0.2) is 4.39 Å². The molecule has 1 fully saturated rings. The van der Waals surface area contributed by atoms with Gasteiger partial charge in [0.25, 0.3) is 0 Å². The van der Waals surface area contributed by atoms with E-state index in [9.17, 15) is 4.39 Å². The third kappa shape index (κ3) is 1.01. The molecule has 1 aliphatic rings. The smallest absolute Gasteiger partial charge is 0.111 e. The number of hydrogen-bond donors (Lipinski definition) is 0. The van der Waals surface area contributed by atoms with Gasteiger partial charge in [0.2, 0.25) is 0 Å². The topological polar surface area (TPSA) is 0 Å². The van der Waals surface area contributed by atoms with Gasteiger partial charge in [-0.05, 0) is 25.7 Å². The molecule has 0 aliphatic heterocycles. The van der Waals surface area contributed by atoms with Crippen molar-refractivity contribution < 1.29 is 4.39 Å². The van der Waals surface area contributed by atoms with E-state index < -0.39 is 5.67 Å². The highest BCUT2D eigenvalue weighted by Gasteiger charge is 2.49. The molecule has 48 valence electrons. The quantitative estimate of drug-likeness (QED) is 0.520. The molecule has 0 heterocycles. The summed E-state index contributed by atoms with van der Waals surface area (Å²) in [6.45, 7) is 3.81. The summed E-state index contributed by atoms with van der Waals surface area (Å²) in [6.07, 6.45) is 3.01. The molecule has 0 radical (unpaired) electrons. The zero-order valence-electron chi connectivity index (χ0n) is 5.58. The molecular formula is C7H13F. The van der Waals surface area contributed by atoms with Crippen molar-refractivity contribution in [1.29, 1.82) is 0 Å². The largest absolute Gasteiger partial charge is 0.244 e. The molecule has 0 nitrogen and oxygen atoms in total. The van der Waals surface area contributed by atoms with E-state index in [1.165, 1.54) is 0 Å². The molecule has 1 saturated carbocycles. The predicted molar refractivity (Wildman–Crippen MR) is 32.5 cm³/mol. The standard InChI is InChI=1S/C7H13F/c1-3-4-6-5-7(6,2)8/h6H,3-5H2,1-2H3. The van der Waals surface area contributed by atoms with Gasteiger partial charge in [0, 0.05) is 0 Å². The number of rotatable bonds is 2. The summed E-state index contributed by atoms with van der Waals surface area (Å²) in [6, 6.07) is 0. The third-order valence-electron chi connectivity index (χ3n) is 1.97. The molecule has 0 spiro atoms. The Kier molecular flexibility index (Phi) is 1.30. The maximum absolute atomic E-state index is 12.7. The lowest BCUT2D eigenvalue weighted by Gasteiger charge is -1.94. The fraction of sp³-hybridized carbons (Fsp3) is 1.00. The Morgan fingerprint density at radius 1 is 1.75 bits per heavy atom. The molecule has 1 aliphatic carbocycles. The van der Waals surface area contributed by atoms with Crippen molar-refractivity contribution in [2.75, 3.05) is 0 Å². The summed E-state index contributed by atoms with van der Waals surface area (Å²) >= 11 is 0. The monoisotopic (exact) mass is 116 g/mol. The van der Waals surface area contributed by atoms with Gasteiger partial charge in [0.05, 0.1) is 0 Å². The van der Waals surface area contributed by atoms with Crippen LogP contribution < -0.4 is 0 Å². The van der Waals surface area contributed by atoms with Gasteiger partial charge < -0.3 is 0 Å². The van der Waals surface area contributed by atoms with Crippen molar-refractivity contribution >= 4 is 0 Å². The van der Waals surface area contributed by atoms with Crippen molar-refractivity contribution in [3.63, 3.8) is 0 Å². The van der Waals surface area contributed by atoms with Gasteiger partial charge in [-0.15, -0.1) is 0 Å². The summed E-state index contributed by atoms with van der Waals surface area (Å²) in [5.41, 5.74) is -0.782. The van der Waals surface area contributed by atoms with E-state index in [4.69, 9.17) is 0 Å². The zero-order chi connectivity index (χ0) is 6.20. The average Bonchev–Trinajstić information content (AvgIpc) is 2.15. The van der Waals surface area contributed by atoms with Crippen LogP contribution in [0.15, 0.2) is 0 Å². The van der Waals surface area contributed by atoms with E-state index in [-0.39, 0.29) is 0 Å². The summed E-state index contributed by atoms with van der Waals surface area (Å²) in [5, 5.41) is 0. The van der Waals surface area contributed by atoms with Gasteiger partial charge in [0.1, 0.15) is 5.67 Å². The minimum atomic E-state index is -0.782. The van der Waals surface area contributed by atoms with E-state index in [1.54, 1.807) is 6.92 Å². The van der Waals surface area contributed by atoms with Crippen LogP contribution in [-0.4, -0.2) is 5.67 Å². The van der Waals surface area contributed by atoms with Crippen LogP contribution >= 0.6 is 0 Å². The molecule has 2 atom stereocenters. The highest BCUT2D eigenvalue weighted by Crippen LogP contribution is 2.49. The molecule has 1 rings (SSSR count). The summed E-state index contributed by atoms with van der Waals surface area (Å²) in [4.78, 5) is 0. The molecule has 0 aromatic rings. The second kappa shape index (κ2) is 1.71. The molecular weight excluding hydrogens is 103 g/mol. The second-order valence-electron chi connectivity index (χ2n) is 2.97. The number of alkyl halides is 1. The molecule has 0 amide bonds. The first-order chi connectivity index (χ1) is 3.67.